The molecule has 106 valence electrons. The largest absolute Gasteiger partial charge is 0.496 e. The van der Waals surface area contributed by atoms with Crippen molar-refractivity contribution in [2.45, 2.75) is 51.5 Å². The summed E-state index contributed by atoms with van der Waals surface area (Å²) in [6.45, 7) is 7.07. The van der Waals surface area contributed by atoms with Crippen molar-refractivity contribution >= 4 is 0 Å². The summed E-state index contributed by atoms with van der Waals surface area (Å²) < 4.78 is 5.50. The molecule has 0 unspecified atom stereocenters. The van der Waals surface area contributed by atoms with Crippen LogP contribution in [0.15, 0.2) is 24.3 Å². The summed E-state index contributed by atoms with van der Waals surface area (Å²) >= 11 is 0. The van der Waals surface area contributed by atoms with Gasteiger partial charge in [-0.1, -0.05) is 32.0 Å². The first-order chi connectivity index (χ1) is 9.30. The molecule has 0 saturated carbocycles. The summed E-state index contributed by atoms with van der Waals surface area (Å²) in [5, 5.41) is 0. The van der Waals surface area contributed by atoms with Crippen molar-refractivity contribution in [3.05, 3.63) is 29.8 Å². The minimum absolute atomic E-state index is 0.668. The quantitative estimate of drug-likeness (QED) is 0.792. The zero-order chi connectivity index (χ0) is 13.7. The van der Waals surface area contributed by atoms with Crippen LogP contribution >= 0.6 is 0 Å². The van der Waals surface area contributed by atoms with Crippen LogP contribution in [-0.2, 0) is 0 Å². The van der Waals surface area contributed by atoms with Crippen molar-refractivity contribution in [2.24, 2.45) is 0 Å². The molecule has 1 saturated heterocycles. The van der Waals surface area contributed by atoms with Crippen molar-refractivity contribution in [1.82, 2.24) is 4.90 Å². The highest BCUT2D eigenvalue weighted by molar-refractivity contribution is 5.36. The lowest BCUT2D eigenvalue weighted by Crippen LogP contribution is -2.40. The van der Waals surface area contributed by atoms with E-state index in [1.165, 1.54) is 44.3 Å². The van der Waals surface area contributed by atoms with E-state index in [1.807, 2.05) is 0 Å². The maximum atomic E-state index is 5.50. The average molecular weight is 261 g/mol. The van der Waals surface area contributed by atoms with Gasteiger partial charge in [0.1, 0.15) is 5.75 Å². The molecular weight excluding hydrogens is 234 g/mol. The molecule has 0 radical (unpaired) electrons. The average Bonchev–Trinajstić information content (AvgIpc) is 2.49. The Morgan fingerprint density at radius 2 is 1.79 bits per heavy atom. The van der Waals surface area contributed by atoms with Crippen LogP contribution in [0.4, 0.5) is 0 Å². The third-order valence-electron chi connectivity index (χ3n) is 4.57. The molecule has 0 amide bonds. The molecule has 2 heteroatoms. The number of hydrogen-bond donors (Lipinski definition) is 0. The topological polar surface area (TPSA) is 12.5 Å². The molecule has 1 fully saturated rings. The molecular formula is C17H27NO. The maximum Gasteiger partial charge on any atom is 0.122 e. The predicted molar refractivity (Wildman–Crippen MR) is 80.9 cm³/mol. The molecule has 0 aliphatic carbocycles. The third-order valence-corrected chi connectivity index (χ3v) is 4.57. The normalized spacial score (nSPS) is 17.9. The fraction of sp³-hybridized carbons (Fsp3) is 0.647. The van der Waals surface area contributed by atoms with Gasteiger partial charge < -0.3 is 9.64 Å². The van der Waals surface area contributed by atoms with E-state index in [1.54, 1.807) is 7.11 Å². The Balaban J connectivity index is 1.99. The number of piperidine rings is 1. The zero-order valence-electron chi connectivity index (χ0n) is 12.6. The highest BCUT2D eigenvalue weighted by Gasteiger charge is 2.25. The molecule has 1 aliphatic rings. The fourth-order valence-electron chi connectivity index (χ4n) is 3.38. The summed E-state index contributed by atoms with van der Waals surface area (Å²) in [6.07, 6.45) is 5.07. The summed E-state index contributed by atoms with van der Waals surface area (Å²) in [5.74, 6) is 1.73. The Morgan fingerprint density at radius 3 is 2.37 bits per heavy atom. The van der Waals surface area contributed by atoms with Crippen LogP contribution in [0, 0.1) is 0 Å². The molecule has 1 aromatic rings. The predicted octanol–water partition coefficient (Wildman–Crippen LogP) is 4.06. The molecule has 1 aromatic carbocycles. The van der Waals surface area contributed by atoms with E-state index in [4.69, 9.17) is 4.74 Å². The van der Waals surface area contributed by atoms with Crippen molar-refractivity contribution in [3.8, 4) is 5.75 Å². The molecule has 0 N–H and O–H groups in total. The highest BCUT2D eigenvalue weighted by atomic mass is 16.5. The van der Waals surface area contributed by atoms with Crippen molar-refractivity contribution in [3.63, 3.8) is 0 Å². The molecule has 2 nitrogen and oxygen atoms in total. The van der Waals surface area contributed by atoms with E-state index >= 15 is 0 Å². The van der Waals surface area contributed by atoms with E-state index in [0.29, 0.717) is 5.92 Å². The first kappa shape index (κ1) is 14.4. The molecule has 2 rings (SSSR count). The molecule has 0 aromatic heterocycles. The molecule has 19 heavy (non-hydrogen) atoms. The van der Waals surface area contributed by atoms with Crippen LogP contribution in [0.5, 0.6) is 5.75 Å². The molecule has 0 bridgehead atoms. The zero-order valence-corrected chi connectivity index (χ0v) is 12.6. The van der Waals surface area contributed by atoms with Crippen molar-refractivity contribution in [2.75, 3.05) is 20.2 Å². The van der Waals surface area contributed by atoms with Crippen LogP contribution in [-0.4, -0.2) is 31.1 Å². The van der Waals surface area contributed by atoms with Crippen LogP contribution < -0.4 is 4.74 Å². The second-order valence-electron chi connectivity index (χ2n) is 5.52. The van der Waals surface area contributed by atoms with Gasteiger partial charge in [0.2, 0.25) is 0 Å². The summed E-state index contributed by atoms with van der Waals surface area (Å²) in [4.78, 5) is 2.67. The smallest absolute Gasteiger partial charge is 0.122 e. The minimum atomic E-state index is 0.668. The van der Waals surface area contributed by atoms with Gasteiger partial charge in [-0.05, 0) is 56.3 Å². The van der Waals surface area contributed by atoms with Gasteiger partial charge in [-0.25, -0.2) is 0 Å². The Bertz CT molecular complexity index is 379. The third kappa shape index (κ3) is 3.30. The number of ether oxygens (including phenoxy) is 1. The van der Waals surface area contributed by atoms with Gasteiger partial charge in [0, 0.05) is 6.04 Å². The Morgan fingerprint density at radius 1 is 1.16 bits per heavy atom. The number of para-hydroxylation sites is 1. The second kappa shape index (κ2) is 6.95. The van der Waals surface area contributed by atoms with Crippen LogP contribution in [0.2, 0.25) is 0 Å². The first-order valence-electron chi connectivity index (χ1n) is 7.67. The van der Waals surface area contributed by atoms with Gasteiger partial charge in [0.05, 0.1) is 7.11 Å². The standard InChI is InChI=1S/C17H27NO/c1-4-15(5-2)18-12-10-14(11-13-18)16-8-6-7-9-17(16)19-3/h6-9,14-15H,4-5,10-13H2,1-3H3. The van der Waals surface area contributed by atoms with E-state index in [9.17, 15) is 0 Å². The maximum absolute atomic E-state index is 5.50. The fourth-order valence-corrected chi connectivity index (χ4v) is 3.38. The number of nitrogens with zero attached hydrogens (tertiary/aromatic N) is 1. The van der Waals surface area contributed by atoms with Crippen LogP contribution in [0.1, 0.15) is 51.0 Å². The first-order valence-corrected chi connectivity index (χ1v) is 7.67. The monoisotopic (exact) mass is 261 g/mol. The van der Waals surface area contributed by atoms with Gasteiger partial charge in [0.15, 0.2) is 0 Å². The van der Waals surface area contributed by atoms with Crippen LogP contribution in [0.25, 0.3) is 0 Å². The molecule has 0 atom stereocenters. The van der Waals surface area contributed by atoms with Gasteiger partial charge in [-0.15, -0.1) is 0 Å². The lowest BCUT2D eigenvalue weighted by atomic mass is 9.88. The molecule has 0 spiro atoms. The van der Waals surface area contributed by atoms with Gasteiger partial charge in [-0.2, -0.15) is 0 Å². The number of rotatable bonds is 5. The van der Waals surface area contributed by atoms with Crippen LogP contribution in [0.3, 0.4) is 0 Å². The second-order valence-corrected chi connectivity index (χ2v) is 5.52. The molecule has 1 heterocycles. The van der Waals surface area contributed by atoms with Crippen molar-refractivity contribution < 1.29 is 4.74 Å². The Labute approximate surface area is 117 Å². The van der Waals surface area contributed by atoms with E-state index in [2.05, 4.69) is 43.0 Å². The lowest BCUT2D eigenvalue weighted by Gasteiger charge is -2.37. The number of hydrogen-bond acceptors (Lipinski definition) is 2. The summed E-state index contributed by atoms with van der Waals surface area (Å²) in [7, 11) is 1.78. The number of benzene rings is 1. The van der Waals surface area contributed by atoms with Gasteiger partial charge in [0.25, 0.3) is 0 Å². The van der Waals surface area contributed by atoms with E-state index in [-0.39, 0.29) is 0 Å². The van der Waals surface area contributed by atoms with Crippen molar-refractivity contribution in [1.29, 1.82) is 0 Å². The summed E-state index contributed by atoms with van der Waals surface area (Å²) in [6, 6.07) is 9.28. The SMILES string of the molecule is CCC(CC)N1CCC(c2ccccc2OC)CC1. The van der Waals surface area contributed by atoms with E-state index < -0.39 is 0 Å². The number of methoxy groups -OCH3 is 1. The Hall–Kier alpha value is -1.02. The number of likely N-dealkylation sites (tertiary alicyclic amines) is 1. The molecule has 1 aliphatic heterocycles. The van der Waals surface area contributed by atoms with E-state index in [0.717, 1.165) is 11.8 Å². The lowest BCUT2D eigenvalue weighted by molar-refractivity contribution is 0.143. The summed E-state index contributed by atoms with van der Waals surface area (Å²) in [5.41, 5.74) is 1.40. The Kier molecular flexibility index (Phi) is 5.26. The minimum Gasteiger partial charge on any atom is -0.496 e. The highest BCUT2D eigenvalue weighted by Crippen LogP contribution is 2.34. The van der Waals surface area contributed by atoms with Gasteiger partial charge in [-0.3, -0.25) is 0 Å². The van der Waals surface area contributed by atoms with Gasteiger partial charge >= 0.3 is 0 Å².